The molecule has 1 aliphatic rings. The summed E-state index contributed by atoms with van der Waals surface area (Å²) in [5, 5.41) is 3.25. The van der Waals surface area contributed by atoms with E-state index < -0.39 is 23.8 Å². The number of hydrogen-bond acceptors (Lipinski definition) is 6. The molecule has 0 fully saturated rings. The van der Waals surface area contributed by atoms with E-state index in [1.54, 1.807) is 23.0 Å². The molecule has 0 aromatic carbocycles. The Morgan fingerprint density at radius 3 is 1.46 bits per heavy atom. The number of carbonyl (C=O) groups is 3. The Morgan fingerprint density at radius 2 is 1.06 bits per heavy atom. The van der Waals surface area contributed by atoms with Crippen LogP contribution in [0.2, 0.25) is 0 Å². The molecule has 2 rings (SSSR count). The number of nitrogens with two attached hydrogens (primary N) is 1. The summed E-state index contributed by atoms with van der Waals surface area (Å²) < 4.78 is 13.3. The van der Waals surface area contributed by atoms with Crippen molar-refractivity contribution >= 4 is 17.8 Å². The summed E-state index contributed by atoms with van der Waals surface area (Å²) in [6.07, 6.45) is 27.5. The van der Waals surface area contributed by atoms with Crippen LogP contribution in [0.25, 0.3) is 0 Å². The summed E-state index contributed by atoms with van der Waals surface area (Å²) in [5.41, 5.74) is 8.21. The topological polar surface area (TPSA) is 112 Å². The van der Waals surface area contributed by atoms with E-state index in [2.05, 4.69) is 19.2 Å². The Morgan fingerprint density at radius 1 is 0.667 bits per heavy atom. The predicted octanol–water partition coefficient (Wildman–Crippen LogP) is 8.62. The molecular weight excluding hydrogens is 602 g/mol. The van der Waals surface area contributed by atoms with Gasteiger partial charge < -0.3 is 20.5 Å². The molecule has 1 aromatic rings. The highest BCUT2D eigenvalue weighted by molar-refractivity contribution is 5.99. The molecule has 0 bridgehead atoms. The number of ether oxygens (including phenoxy) is 2. The monoisotopic (exact) mass is 668 g/mol. The molecule has 1 amide bonds. The second-order valence-corrected chi connectivity index (χ2v) is 13.5. The van der Waals surface area contributed by atoms with Gasteiger partial charge in [-0.2, -0.15) is 4.57 Å². The standard InChI is InChI=1S/C40H65N3O5/c1-5-7-9-11-13-15-17-19-21-23-28-47-39(45)36-32(3)42-33(4)37(38(36)34-26-25-27-43(30-34)31-35(41)44)40(46)48-29-24-22-20-18-16-14-12-10-8-6-2/h25-27,30,38H,5-24,28-29,31H2,1-4H3,(H2-,41,42,44,45,46)/p+1. The van der Waals surface area contributed by atoms with Gasteiger partial charge in [0.1, 0.15) is 0 Å². The Labute approximate surface area is 291 Å². The van der Waals surface area contributed by atoms with Crippen molar-refractivity contribution in [1.29, 1.82) is 0 Å². The smallest absolute Gasteiger partial charge is 0.336 e. The Balaban J connectivity index is 2.01. The number of amides is 1. The highest BCUT2D eigenvalue weighted by Crippen LogP contribution is 2.39. The third kappa shape index (κ3) is 15.8. The molecule has 2 heterocycles. The molecule has 3 N–H and O–H groups in total. The molecule has 48 heavy (non-hydrogen) atoms. The summed E-state index contributed by atoms with van der Waals surface area (Å²) in [6, 6.07) is 3.66. The first-order valence-electron chi connectivity index (χ1n) is 19.1. The Hall–Kier alpha value is -3.16. The zero-order valence-corrected chi connectivity index (χ0v) is 30.7. The summed E-state index contributed by atoms with van der Waals surface area (Å²) in [7, 11) is 0. The van der Waals surface area contributed by atoms with Gasteiger partial charge >= 0.3 is 11.9 Å². The number of nitrogens with one attached hydrogen (secondary N) is 1. The summed E-state index contributed by atoms with van der Waals surface area (Å²) in [6.45, 7) is 8.79. The normalized spacial score (nSPS) is 13.5. The van der Waals surface area contributed by atoms with Gasteiger partial charge in [0.2, 0.25) is 6.54 Å². The van der Waals surface area contributed by atoms with Crippen LogP contribution in [0.4, 0.5) is 0 Å². The molecule has 270 valence electrons. The molecule has 1 aliphatic heterocycles. The molecule has 8 heteroatoms. The number of allylic oxidation sites excluding steroid dienone is 2. The summed E-state index contributed by atoms with van der Waals surface area (Å²) >= 11 is 0. The first-order chi connectivity index (χ1) is 23.3. The molecule has 0 aliphatic carbocycles. The molecule has 8 nitrogen and oxygen atoms in total. The number of hydrogen-bond donors (Lipinski definition) is 2. The number of rotatable bonds is 27. The number of dihydropyridines is 1. The first kappa shape index (κ1) is 41.0. The van der Waals surface area contributed by atoms with Gasteiger partial charge in [0.25, 0.3) is 5.91 Å². The SMILES string of the molecule is CCCCCCCCCCCCOC(=O)C1=C(C)NC(C)=C(C(=O)OCCCCCCCCCCCC)C1c1ccc[n+](CC(N)=O)c1. The average Bonchev–Trinajstić information content (AvgIpc) is 3.05. The maximum atomic E-state index is 13.7. The van der Waals surface area contributed by atoms with E-state index >= 15 is 0 Å². The predicted molar refractivity (Wildman–Crippen MR) is 193 cm³/mol. The zero-order valence-electron chi connectivity index (χ0n) is 30.7. The van der Waals surface area contributed by atoms with Crippen molar-refractivity contribution in [2.24, 2.45) is 5.73 Å². The van der Waals surface area contributed by atoms with Gasteiger partial charge in [-0.1, -0.05) is 129 Å². The van der Waals surface area contributed by atoms with Crippen LogP contribution < -0.4 is 15.6 Å². The van der Waals surface area contributed by atoms with Crippen molar-refractivity contribution in [3.05, 3.63) is 52.6 Å². The third-order valence-electron chi connectivity index (χ3n) is 9.22. The highest BCUT2D eigenvalue weighted by Gasteiger charge is 2.39. The van der Waals surface area contributed by atoms with Crippen LogP contribution in [0.5, 0.6) is 0 Å². The summed E-state index contributed by atoms with van der Waals surface area (Å²) in [5.74, 6) is -2.07. The van der Waals surface area contributed by atoms with Gasteiger partial charge in [0.05, 0.1) is 30.3 Å². The van der Waals surface area contributed by atoms with E-state index in [4.69, 9.17) is 15.2 Å². The lowest BCUT2D eigenvalue weighted by Crippen LogP contribution is -2.41. The van der Waals surface area contributed by atoms with Crippen molar-refractivity contribution in [3.63, 3.8) is 0 Å². The van der Waals surface area contributed by atoms with Crippen molar-refractivity contribution < 1.29 is 28.4 Å². The van der Waals surface area contributed by atoms with Gasteiger partial charge in [0, 0.05) is 23.0 Å². The molecule has 0 radical (unpaired) electrons. The van der Waals surface area contributed by atoms with E-state index in [0.29, 0.717) is 41.3 Å². The van der Waals surface area contributed by atoms with Gasteiger partial charge in [-0.05, 0) is 32.8 Å². The second-order valence-electron chi connectivity index (χ2n) is 13.5. The number of esters is 2. The molecule has 0 spiro atoms. The van der Waals surface area contributed by atoms with Gasteiger partial charge in [-0.15, -0.1) is 0 Å². The minimum Gasteiger partial charge on any atom is -0.462 e. The maximum Gasteiger partial charge on any atom is 0.336 e. The van der Waals surface area contributed by atoms with Crippen molar-refractivity contribution in [1.82, 2.24) is 5.32 Å². The minimum atomic E-state index is -0.702. The fourth-order valence-corrected chi connectivity index (χ4v) is 6.52. The van der Waals surface area contributed by atoms with Crippen molar-refractivity contribution in [2.45, 2.75) is 169 Å². The van der Waals surface area contributed by atoms with Crippen LogP contribution in [0.1, 0.15) is 168 Å². The third-order valence-corrected chi connectivity index (χ3v) is 9.22. The number of nitrogens with zero attached hydrogens (tertiary/aromatic N) is 1. The molecule has 0 saturated heterocycles. The fraction of sp³-hybridized carbons (Fsp3) is 0.700. The van der Waals surface area contributed by atoms with Crippen molar-refractivity contribution in [3.8, 4) is 0 Å². The van der Waals surface area contributed by atoms with Crippen LogP contribution in [0.15, 0.2) is 47.1 Å². The molecular formula is C40H66N3O5+. The summed E-state index contributed by atoms with van der Waals surface area (Å²) in [4.78, 5) is 39.0. The first-order valence-corrected chi connectivity index (χ1v) is 19.1. The van der Waals surface area contributed by atoms with Crippen LogP contribution in [0, 0.1) is 0 Å². The quantitative estimate of drug-likeness (QED) is 0.0552. The van der Waals surface area contributed by atoms with Gasteiger partial charge in [-0.25, -0.2) is 9.59 Å². The largest absolute Gasteiger partial charge is 0.462 e. The van der Waals surface area contributed by atoms with E-state index in [-0.39, 0.29) is 6.54 Å². The van der Waals surface area contributed by atoms with Gasteiger partial charge in [0.15, 0.2) is 12.4 Å². The molecule has 1 aromatic heterocycles. The number of aromatic nitrogens is 1. The average molecular weight is 669 g/mol. The Bertz CT molecular complexity index is 1120. The van der Waals surface area contributed by atoms with Crippen LogP contribution in [0.3, 0.4) is 0 Å². The van der Waals surface area contributed by atoms with Crippen LogP contribution in [-0.4, -0.2) is 31.1 Å². The number of pyridine rings is 1. The highest BCUT2D eigenvalue weighted by atomic mass is 16.5. The molecule has 0 saturated carbocycles. The van der Waals surface area contributed by atoms with Crippen LogP contribution >= 0.6 is 0 Å². The zero-order chi connectivity index (χ0) is 35.0. The van der Waals surface area contributed by atoms with Gasteiger partial charge in [-0.3, -0.25) is 4.79 Å². The fourth-order valence-electron chi connectivity index (χ4n) is 6.52. The number of primary amides is 1. The number of carbonyl (C=O) groups excluding carboxylic acids is 3. The molecule has 0 atom stereocenters. The lowest BCUT2D eigenvalue weighted by molar-refractivity contribution is -0.684. The van der Waals surface area contributed by atoms with E-state index in [1.807, 2.05) is 19.9 Å². The Kier molecular flexibility index (Phi) is 21.3. The molecule has 0 unspecified atom stereocenters. The lowest BCUT2D eigenvalue weighted by Gasteiger charge is -2.30. The minimum absolute atomic E-state index is 0.0127. The van der Waals surface area contributed by atoms with Crippen LogP contribution in [-0.2, 0) is 30.4 Å². The second kappa shape index (κ2) is 24.9. The van der Waals surface area contributed by atoms with E-state index in [1.165, 1.54) is 89.9 Å². The van der Waals surface area contributed by atoms with E-state index in [0.717, 1.165) is 38.5 Å². The number of unbranched alkanes of at least 4 members (excludes halogenated alkanes) is 18. The van der Waals surface area contributed by atoms with Crippen molar-refractivity contribution in [2.75, 3.05) is 13.2 Å². The van der Waals surface area contributed by atoms with E-state index in [9.17, 15) is 14.4 Å². The lowest BCUT2D eigenvalue weighted by atomic mass is 9.81. The maximum absolute atomic E-state index is 13.7.